The summed E-state index contributed by atoms with van der Waals surface area (Å²) in [5.74, 6) is 1.49. The van der Waals surface area contributed by atoms with E-state index in [2.05, 4.69) is 12.2 Å². The van der Waals surface area contributed by atoms with Crippen LogP contribution < -0.4 is 25.1 Å². The first-order valence-corrected chi connectivity index (χ1v) is 13.6. The normalized spacial score (nSPS) is 11.7. The van der Waals surface area contributed by atoms with Crippen molar-refractivity contribution in [3.05, 3.63) is 82.1 Å². The number of ether oxygens (including phenoxy) is 3. The molecule has 1 amide bonds. The van der Waals surface area contributed by atoms with Crippen molar-refractivity contribution in [3.8, 4) is 17.2 Å². The van der Waals surface area contributed by atoms with Crippen molar-refractivity contribution in [2.24, 2.45) is 0 Å². The van der Waals surface area contributed by atoms with Gasteiger partial charge in [0.15, 0.2) is 16.7 Å². The number of amides is 1. The summed E-state index contributed by atoms with van der Waals surface area (Å²) in [6.45, 7) is 4.31. The zero-order valence-electron chi connectivity index (χ0n) is 22.8. The second-order valence-electron chi connectivity index (χ2n) is 8.91. The maximum absolute atomic E-state index is 13.8. The van der Waals surface area contributed by atoms with Crippen molar-refractivity contribution < 1.29 is 19.0 Å². The summed E-state index contributed by atoms with van der Waals surface area (Å²) in [5, 5.41) is 3.38. The zero-order chi connectivity index (χ0) is 27.9. The number of thioether (sulfide) groups is 1. The fourth-order valence-electron chi connectivity index (χ4n) is 4.17. The van der Waals surface area contributed by atoms with Crippen LogP contribution in [-0.2, 0) is 17.8 Å². The predicted molar refractivity (Wildman–Crippen MR) is 156 cm³/mol. The van der Waals surface area contributed by atoms with E-state index < -0.39 is 5.25 Å². The van der Waals surface area contributed by atoms with Crippen LogP contribution in [0.1, 0.15) is 31.4 Å². The van der Waals surface area contributed by atoms with Crippen LogP contribution in [0.25, 0.3) is 10.9 Å². The highest BCUT2D eigenvalue weighted by molar-refractivity contribution is 8.00. The topological polar surface area (TPSA) is 91.7 Å². The van der Waals surface area contributed by atoms with Crippen molar-refractivity contribution in [2.45, 2.75) is 43.6 Å². The monoisotopic (exact) mass is 547 g/mol. The summed E-state index contributed by atoms with van der Waals surface area (Å²) in [5.41, 5.74) is 3.07. The number of nitrogens with zero attached hydrogens (tertiary/aromatic N) is 2. The maximum atomic E-state index is 13.8. The van der Waals surface area contributed by atoms with Gasteiger partial charge in [-0.15, -0.1) is 0 Å². The lowest BCUT2D eigenvalue weighted by molar-refractivity contribution is -0.115. The number of benzene rings is 3. The van der Waals surface area contributed by atoms with Crippen molar-refractivity contribution in [3.63, 3.8) is 0 Å². The number of nitrogens with one attached hydrogen (secondary N) is 1. The Kier molecular flexibility index (Phi) is 9.14. The van der Waals surface area contributed by atoms with Gasteiger partial charge in [-0.1, -0.05) is 49.9 Å². The highest BCUT2D eigenvalue weighted by Crippen LogP contribution is 2.32. The van der Waals surface area contributed by atoms with Gasteiger partial charge in [0, 0.05) is 11.8 Å². The van der Waals surface area contributed by atoms with Gasteiger partial charge >= 0.3 is 0 Å². The van der Waals surface area contributed by atoms with Crippen LogP contribution in [-0.4, -0.2) is 42.0 Å². The molecule has 8 nitrogen and oxygen atoms in total. The third kappa shape index (κ3) is 6.37. The average Bonchev–Trinajstić information content (AvgIpc) is 2.97. The molecule has 4 rings (SSSR count). The lowest BCUT2D eigenvalue weighted by atomic mass is 10.1. The first kappa shape index (κ1) is 28.0. The van der Waals surface area contributed by atoms with Gasteiger partial charge in [-0.3, -0.25) is 14.2 Å². The standard InChI is InChI=1S/C30H33N3O5S/c1-6-19-8-12-21(13-9-19)31-28(34)27(7-2)39-30-32-24-17-26(38-5)25(37-4)16-23(24)29(35)33(30)18-20-10-14-22(36-3)15-11-20/h8-17,27H,6-7,18H2,1-5H3,(H,31,34). The number of carbonyl (C=O) groups is 1. The minimum Gasteiger partial charge on any atom is -0.497 e. The summed E-state index contributed by atoms with van der Waals surface area (Å²) < 4.78 is 17.7. The Morgan fingerprint density at radius 1 is 0.923 bits per heavy atom. The van der Waals surface area contributed by atoms with Crippen LogP contribution in [0.15, 0.2) is 70.6 Å². The minimum absolute atomic E-state index is 0.149. The lowest BCUT2D eigenvalue weighted by Crippen LogP contribution is -2.28. The first-order chi connectivity index (χ1) is 18.9. The number of hydrogen-bond donors (Lipinski definition) is 1. The number of anilines is 1. The second-order valence-corrected chi connectivity index (χ2v) is 10.1. The molecule has 1 N–H and O–H groups in total. The van der Waals surface area contributed by atoms with Crippen molar-refractivity contribution in [1.82, 2.24) is 9.55 Å². The van der Waals surface area contributed by atoms with Gasteiger partial charge in [0.2, 0.25) is 5.91 Å². The van der Waals surface area contributed by atoms with Gasteiger partial charge in [-0.25, -0.2) is 4.98 Å². The molecule has 0 aliphatic carbocycles. The molecule has 0 aliphatic rings. The number of methoxy groups -OCH3 is 3. The number of rotatable bonds is 11. The van der Waals surface area contributed by atoms with E-state index in [0.29, 0.717) is 34.0 Å². The molecule has 0 spiro atoms. The summed E-state index contributed by atoms with van der Waals surface area (Å²) in [4.78, 5) is 31.9. The molecular weight excluding hydrogens is 514 g/mol. The molecule has 1 atom stereocenters. The van der Waals surface area contributed by atoms with Crippen molar-refractivity contribution >= 4 is 34.3 Å². The van der Waals surface area contributed by atoms with Crippen molar-refractivity contribution in [2.75, 3.05) is 26.6 Å². The molecule has 0 saturated heterocycles. The van der Waals surface area contributed by atoms with E-state index in [0.717, 1.165) is 23.4 Å². The summed E-state index contributed by atoms with van der Waals surface area (Å²) in [7, 11) is 4.67. The fraction of sp³-hybridized carbons (Fsp3) is 0.300. The van der Waals surface area contributed by atoms with Crippen LogP contribution in [0.4, 0.5) is 5.69 Å². The molecule has 9 heteroatoms. The number of aromatic nitrogens is 2. The van der Waals surface area contributed by atoms with Gasteiger partial charge in [-0.05, 0) is 54.3 Å². The van der Waals surface area contributed by atoms with E-state index >= 15 is 0 Å². The summed E-state index contributed by atoms with van der Waals surface area (Å²) in [6.07, 6.45) is 1.48. The minimum atomic E-state index is -0.470. The second kappa shape index (κ2) is 12.7. The van der Waals surface area contributed by atoms with Gasteiger partial charge in [-0.2, -0.15) is 0 Å². The van der Waals surface area contributed by atoms with Crippen LogP contribution in [0, 0.1) is 0 Å². The Bertz CT molecular complexity index is 1500. The first-order valence-electron chi connectivity index (χ1n) is 12.8. The maximum Gasteiger partial charge on any atom is 0.262 e. The fourth-order valence-corrected chi connectivity index (χ4v) is 5.18. The largest absolute Gasteiger partial charge is 0.497 e. The van der Waals surface area contributed by atoms with Gasteiger partial charge in [0.1, 0.15) is 5.75 Å². The zero-order valence-corrected chi connectivity index (χ0v) is 23.6. The molecule has 1 aromatic heterocycles. The third-order valence-electron chi connectivity index (χ3n) is 6.46. The van der Waals surface area contributed by atoms with Crippen molar-refractivity contribution in [1.29, 1.82) is 0 Å². The van der Waals surface area contributed by atoms with E-state index in [1.54, 1.807) is 23.8 Å². The number of fused-ring (bicyclic) bond motifs is 1. The van der Waals surface area contributed by atoms with E-state index in [1.165, 1.54) is 31.5 Å². The predicted octanol–water partition coefficient (Wildman–Crippen LogP) is 5.54. The number of aryl methyl sites for hydroxylation is 1. The Morgan fingerprint density at radius 2 is 1.56 bits per heavy atom. The molecule has 1 heterocycles. The van der Waals surface area contributed by atoms with E-state index in [1.807, 2.05) is 55.5 Å². The molecule has 204 valence electrons. The molecule has 3 aromatic carbocycles. The van der Waals surface area contributed by atoms with Gasteiger partial charge < -0.3 is 19.5 Å². The van der Waals surface area contributed by atoms with E-state index in [4.69, 9.17) is 19.2 Å². The SMILES string of the molecule is CCc1ccc(NC(=O)C(CC)Sc2nc3cc(OC)c(OC)cc3c(=O)n2Cc2ccc(OC)cc2)cc1. The van der Waals surface area contributed by atoms with Crippen LogP contribution in [0.2, 0.25) is 0 Å². The number of hydrogen-bond acceptors (Lipinski definition) is 7. The molecule has 4 aromatic rings. The van der Waals surface area contributed by atoms with Crippen LogP contribution in [0.5, 0.6) is 17.2 Å². The average molecular weight is 548 g/mol. The van der Waals surface area contributed by atoms with Crippen LogP contribution in [0.3, 0.4) is 0 Å². The Balaban J connectivity index is 1.74. The highest BCUT2D eigenvalue weighted by atomic mass is 32.2. The third-order valence-corrected chi connectivity index (χ3v) is 7.82. The Hall–Kier alpha value is -3.98. The van der Waals surface area contributed by atoms with E-state index in [9.17, 15) is 9.59 Å². The quantitative estimate of drug-likeness (QED) is 0.195. The summed E-state index contributed by atoms with van der Waals surface area (Å²) >= 11 is 1.27. The molecule has 0 radical (unpaired) electrons. The smallest absolute Gasteiger partial charge is 0.262 e. The van der Waals surface area contributed by atoms with E-state index in [-0.39, 0.29) is 18.0 Å². The Morgan fingerprint density at radius 3 is 2.15 bits per heavy atom. The van der Waals surface area contributed by atoms with Gasteiger partial charge in [0.05, 0.1) is 44.0 Å². The highest BCUT2D eigenvalue weighted by Gasteiger charge is 2.23. The molecule has 0 bridgehead atoms. The molecule has 0 aliphatic heterocycles. The van der Waals surface area contributed by atoms with Gasteiger partial charge in [0.25, 0.3) is 5.56 Å². The molecule has 0 saturated carbocycles. The Labute approximate surface area is 232 Å². The van der Waals surface area contributed by atoms with Crippen LogP contribution >= 0.6 is 11.8 Å². The molecule has 0 fully saturated rings. The number of carbonyl (C=O) groups excluding carboxylic acids is 1. The molecule has 1 unspecified atom stereocenters. The lowest BCUT2D eigenvalue weighted by Gasteiger charge is -2.19. The molecular formula is C30H33N3O5S. The molecule has 39 heavy (non-hydrogen) atoms. The summed E-state index contributed by atoms with van der Waals surface area (Å²) in [6, 6.07) is 18.7.